The number of benzene rings is 1. The Morgan fingerprint density at radius 3 is 2.65 bits per heavy atom. The minimum absolute atomic E-state index is 0.0597. The number of aromatic amines is 1. The lowest BCUT2D eigenvalue weighted by Gasteiger charge is -2.04. The first-order valence-electron chi connectivity index (χ1n) is 6.85. The van der Waals surface area contributed by atoms with E-state index in [4.69, 9.17) is 16.0 Å². The molecule has 0 radical (unpaired) electrons. The van der Waals surface area contributed by atoms with E-state index in [0.29, 0.717) is 17.0 Å². The van der Waals surface area contributed by atoms with Crippen molar-refractivity contribution in [1.29, 1.82) is 0 Å². The van der Waals surface area contributed by atoms with Crippen molar-refractivity contribution < 1.29 is 14.0 Å². The Balaban J connectivity index is 1.75. The van der Waals surface area contributed by atoms with Crippen molar-refractivity contribution in [2.45, 2.75) is 12.8 Å². The molecule has 3 aromatic rings. The number of hydrogen-bond acceptors (Lipinski definition) is 5. The third-order valence-electron chi connectivity index (χ3n) is 3.41. The number of ketones is 2. The summed E-state index contributed by atoms with van der Waals surface area (Å²) in [6, 6.07) is 7.44. The molecule has 0 amide bonds. The summed E-state index contributed by atoms with van der Waals surface area (Å²) in [5, 5.41) is 6.59. The van der Waals surface area contributed by atoms with E-state index in [1.807, 2.05) is 18.2 Å². The first-order chi connectivity index (χ1) is 11.1. The van der Waals surface area contributed by atoms with E-state index < -0.39 is 11.6 Å². The summed E-state index contributed by atoms with van der Waals surface area (Å²) in [6.07, 6.45) is 4.68. The molecule has 0 atom stereocenters. The van der Waals surface area contributed by atoms with E-state index in [1.165, 1.54) is 12.6 Å². The summed E-state index contributed by atoms with van der Waals surface area (Å²) in [4.78, 5) is 27.7. The van der Waals surface area contributed by atoms with Gasteiger partial charge in [0.1, 0.15) is 6.33 Å². The van der Waals surface area contributed by atoms with Gasteiger partial charge in [-0.05, 0) is 17.2 Å². The van der Waals surface area contributed by atoms with Gasteiger partial charge in [-0.2, -0.15) is 5.10 Å². The molecule has 6 nitrogen and oxygen atoms in total. The van der Waals surface area contributed by atoms with E-state index in [9.17, 15) is 9.59 Å². The molecule has 2 aromatic heterocycles. The molecule has 0 fully saturated rings. The largest absolute Gasteiger partial charge is 0.472 e. The molecule has 0 spiro atoms. The van der Waals surface area contributed by atoms with E-state index in [2.05, 4.69) is 15.2 Å². The lowest BCUT2D eigenvalue weighted by Crippen LogP contribution is -2.18. The highest BCUT2D eigenvalue weighted by molar-refractivity contribution is 6.43. The maximum atomic E-state index is 12.1. The van der Waals surface area contributed by atoms with Gasteiger partial charge in [0.2, 0.25) is 5.78 Å². The van der Waals surface area contributed by atoms with Gasteiger partial charge in [0.15, 0.2) is 5.82 Å². The maximum absolute atomic E-state index is 12.1. The van der Waals surface area contributed by atoms with Crippen LogP contribution in [0.3, 0.4) is 0 Å². The van der Waals surface area contributed by atoms with Gasteiger partial charge in [0.25, 0.3) is 5.78 Å². The third-order valence-corrected chi connectivity index (χ3v) is 3.77. The van der Waals surface area contributed by atoms with Crippen molar-refractivity contribution in [2.75, 3.05) is 0 Å². The van der Waals surface area contributed by atoms with Crippen LogP contribution >= 0.6 is 11.6 Å². The van der Waals surface area contributed by atoms with Gasteiger partial charge in [-0.1, -0.05) is 29.8 Å². The van der Waals surface area contributed by atoms with Gasteiger partial charge in [0, 0.05) is 23.4 Å². The average Bonchev–Trinajstić information content (AvgIpc) is 3.21. The Hall–Kier alpha value is -2.73. The number of hydrogen-bond donors (Lipinski definition) is 1. The normalized spacial score (nSPS) is 10.7. The van der Waals surface area contributed by atoms with Crippen molar-refractivity contribution in [3.63, 3.8) is 0 Å². The van der Waals surface area contributed by atoms with Crippen LogP contribution in [0.2, 0.25) is 5.02 Å². The van der Waals surface area contributed by atoms with E-state index in [-0.39, 0.29) is 12.2 Å². The molecule has 0 aliphatic rings. The van der Waals surface area contributed by atoms with Crippen molar-refractivity contribution in [2.24, 2.45) is 0 Å². The van der Waals surface area contributed by atoms with Crippen LogP contribution < -0.4 is 0 Å². The summed E-state index contributed by atoms with van der Waals surface area (Å²) in [7, 11) is 0. The smallest absolute Gasteiger partial charge is 0.265 e. The highest BCUT2D eigenvalue weighted by Crippen LogP contribution is 2.22. The Morgan fingerprint density at radius 2 is 1.91 bits per heavy atom. The number of rotatable bonds is 6. The van der Waals surface area contributed by atoms with Gasteiger partial charge < -0.3 is 4.42 Å². The highest BCUT2D eigenvalue weighted by atomic mass is 35.5. The number of aromatic nitrogens is 3. The average molecular weight is 330 g/mol. The molecule has 0 bridgehead atoms. The summed E-state index contributed by atoms with van der Waals surface area (Å²) in [6.45, 7) is 0. The van der Waals surface area contributed by atoms with Gasteiger partial charge in [-0.15, -0.1) is 0 Å². The van der Waals surface area contributed by atoms with Crippen LogP contribution in [-0.2, 0) is 17.6 Å². The van der Waals surface area contributed by atoms with Gasteiger partial charge >= 0.3 is 0 Å². The lowest BCUT2D eigenvalue weighted by atomic mass is 10.00. The van der Waals surface area contributed by atoms with Crippen LogP contribution in [0.1, 0.15) is 27.3 Å². The van der Waals surface area contributed by atoms with Gasteiger partial charge in [-0.3, -0.25) is 14.7 Å². The fraction of sp³-hybridized carbons (Fsp3) is 0.125. The topological polar surface area (TPSA) is 88.8 Å². The minimum atomic E-state index is -0.701. The number of halogens is 1. The maximum Gasteiger partial charge on any atom is 0.265 e. The van der Waals surface area contributed by atoms with Crippen molar-refractivity contribution in [3.05, 3.63) is 70.7 Å². The van der Waals surface area contributed by atoms with E-state index in [0.717, 1.165) is 11.1 Å². The Kier molecular flexibility index (Phi) is 4.34. The predicted molar refractivity (Wildman–Crippen MR) is 82.4 cm³/mol. The van der Waals surface area contributed by atoms with Crippen LogP contribution in [0.25, 0.3) is 0 Å². The standard InChI is InChI=1S/C16H12ClN3O3/c17-13-4-2-1-3-10(13)5-11-7-23-8-12(11)6-14(21)15(22)16-18-9-19-20-16/h1-4,7-9H,5-6H2,(H,18,19,20). The van der Waals surface area contributed by atoms with Crippen LogP contribution in [0.15, 0.2) is 47.5 Å². The number of furan rings is 1. The monoisotopic (exact) mass is 329 g/mol. The highest BCUT2D eigenvalue weighted by Gasteiger charge is 2.21. The summed E-state index contributed by atoms with van der Waals surface area (Å²) >= 11 is 6.15. The van der Waals surface area contributed by atoms with Crippen molar-refractivity contribution in [3.8, 4) is 0 Å². The first kappa shape index (κ1) is 15.2. The van der Waals surface area contributed by atoms with E-state index in [1.54, 1.807) is 12.3 Å². The van der Waals surface area contributed by atoms with Gasteiger partial charge in [-0.25, -0.2) is 4.98 Å². The minimum Gasteiger partial charge on any atom is -0.472 e. The third kappa shape index (κ3) is 3.37. The molecule has 0 aliphatic heterocycles. The molecule has 23 heavy (non-hydrogen) atoms. The number of Topliss-reactive ketones (excluding diaryl/α,β-unsaturated/α-hetero) is 2. The molecular weight excluding hydrogens is 318 g/mol. The number of nitrogens with zero attached hydrogens (tertiary/aromatic N) is 2. The molecule has 0 saturated heterocycles. The lowest BCUT2D eigenvalue weighted by molar-refractivity contribution is -0.114. The number of H-pyrrole nitrogens is 1. The number of carbonyl (C=O) groups is 2. The fourth-order valence-corrected chi connectivity index (χ4v) is 2.41. The van der Waals surface area contributed by atoms with E-state index >= 15 is 0 Å². The van der Waals surface area contributed by atoms with Crippen LogP contribution in [0.4, 0.5) is 0 Å². The molecule has 0 saturated carbocycles. The molecule has 3 rings (SSSR count). The molecule has 1 aromatic carbocycles. The summed E-state index contributed by atoms with van der Waals surface area (Å²) in [5.74, 6) is -1.35. The molecule has 0 unspecified atom stereocenters. The Labute approximate surface area is 136 Å². The number of carbonyl (C=O) groups excluding carboxylic acids is 2. The zero-order valence-corrected chi connectivity index (χ0v) is 12.7. The summed E-state index contributed by atoms with van der Waals surface area (Å²) < 4.78 is 5.19. The van der Waals surface area contributed by atoms with Crippen LogP contribution in [-0.4, -0.2) is 26.7 Å². The van der Waals surface area contributed by atoms with Crippen molar-refractivity contribution in [1.82, 2.24) is 15.2 Å². The molecule has 116 valence electrons. The zero-order valence-electron chi connectivity index (χ0n) is 12.0. The predicted octanol–water partition coefficient (Wildman–Crippen LogP) is 2.64. The molecular formula is C16H12ClN3O3. The van der Waals surface area contributed by atoms with Crippen LogP contribution in [0, 0.1) is 0 Å². The molecule has 7 heteroatoms. The first-order valence-corrected chi connectivity index (χ1v) is 7.23. The zero-order chi connectivity index (χ0) is 16.2. The SMILES string of the molecule is O=C(Cc1cocc1Cc1ccccc1Cl)C(=O)c1ncn[nH]1. The second-order valence-corrected chi connectivity index (χ2v) is 5.36. The Bertz CT molecular complexity index is 840. The van der Waals surface area contributed by atoms with Crippen LogP contribution in [0.5, 0.6) is 0 Å². The fourth-order valence-electron chi connectivity index (χ4n) is 2.21. The van der Waals surface area contributed by atoms with Crippen molar-refractivity contribution >= 4 is 23.2 Å². The second-order valence-electron chi connectivity index (χ2n) is 4.95. The molecule has 1 N–H and O–H groups in total. The second kappa shape index (κ2) is 6.58. The molecule has 2 heterocycles. The van der Waals surface area contributed by atoms with Gasteiger partial charge in [0.05, 0.1) is 12.5 Å². The number of nitrogens with one attached hydrogen (secondary N) is 1. The quantitative estimate of drug-likeness (QED) is 0.554. The Morgan fingerprint density at radius 1 is 1.13 bits per heavy atom. The summed E-state index contributed by atoms with van der Waals surface area (Å²) in [5.41, 5.74) is 2.39. The molecule has 0 aliphatic carbocycles.